The first-order chi connectivity index (χ1) is 9.76. The lowest BCUT2D eigenvalue weighted by Crippen LogP contribution is -2.30. The van der Waals surface area contributed by atoms with Crippen LogP contribution in [0.1, 0.15) is 39.1 Å². The minimum atomic E-state index is 0.365. The summed E-state index contributed by atoms with van der Waals surface area (Å²) >= 11 is 0. The maximum Gasteiger partial charge on any atom is 0.127 e. The van der Waals surface area contributed by atoms with Crippen LogP contribution in [0.25, 0.3) is 11.0 Å². The minimum absolute atomic E-state index is 0.365. The fourth-order valence-electron chi connectivity index (χ4n) is 2.98. The molecule has 0 aliphatic carbocycles. The van der Waals surface area contributed by atoms with Crippen LogP contribution >= 0.6 is 0 Å². The van der Waals surface area contributed by atoms with E-state index in [9.17, 15) is 0 Å². The first-order valence-electron chi connectivity index (χ1n) is 7.66. The summed E-state index contributed by atoms with van der Waals surface area (Å²) in [6, 6.07) is 8.70. The Morgan fingerprint density at radius 2 is 1.90 bits per heavy atom. The van der Waals surface area contributed by atoms with Crippen molar-refractivity contribution in [1.29, 1.82) is 0 Å². The van der Waals surface area contributed by atoms with E-state index in [2.05, 4.69) is 48.4 Å². The van der Waals surface area contributed by atoms with Crippen molar-refractivity contribution in [2.75, 3.05) is 19.6 Å². The highest BCUT2D eigenvalue weighted by atomic mass is 15.2. The summed E-state index contributed by atoms with van der Waals surface area (Å²) in [7, 11) is 0. The van der Waals surface area contributed by atoms with E-state index < -0.39 is 0 Å². The molecule has 1 atom stereocenters. The van der Waals surface area contributed by atoms with Gasteiger partial charge in [-0.05, 0) is 31.6 Å². The van der Waals surface area contributed by atoms with Crippen molar-refractivity contribution in [3.05, 3.63) is 30.1 Å². The second-order valence-corrected chi connectivity index (χ2v) is 5.04. The Morgan fingerprint density at radius 3 is 2.50 bits per heavy atom. The van der Waals surface area contributed by atoms with Gasteiger partial charge in [0.25, 0.3) is 0 Å². The number of hydrogen-bond acceptors (Lipinski definition) is 3. The third kappa shape index (κ3) is 2.72. The SMILES string of the molecule is CCC(c1nc2ccccc2n1CCN)N(CC)CC. The Labute approximate surface area is 121 Å². The van der Waals surface area contributed by atoms with Gasteiger partial charge in [0, 0.05) is 13.1 Å². The standard InChI is InChI=1S/C16H26N4/c1-4-14(19(5-2)6-3)16-18-13-9-7-8-10-15(13)20(16)12-11-17/h7-10,14H,4-6,11-12,17H2,1-3H3. The largest absolute Gasteiger partial charge is 0.329 e. The van der Waals surface area contributed by atoms with Crippen molar-refractivity contribution in [2.24, 2.45) is 5.73 Å². The zero-order chi connectivity index (χ0) is 14.5. The Hall–Kier alpha value is -1.39. The highest BCUT2D eigenvalue weighted by molar-refractivity contribution is 5.76. The Bertz CT molecular complexity index is 542. The first-order valence-corrected chi connectivity index (χ1v) is 7.66. The molecule has 0 aliphatic rings. The van der Waals surface area contributed by atoms with Gasteiger partial charge in [0.1, 0.15) is 5.82 Å². The zero-order valence-corrected chi connectivity index (χ0v) is 12.8. The van der Waals surface area contributed by atoms with Crippen LogP contribution in [0, 0.1) is 0 Å². The molecule has 0 bridgehead atoms. The molecular weight excluding hydrogens is 248 g/mol. The monoisotopic (exact) mass is 274 g/mol. The summed E-state index contributed by atoms with van der Waals surface area (Å²) in [5.41, 5.74) is 8.06. The number of aromatic nitrogens is 2. The molecule has 1 heterocycles. The number of fused-ring (bicyclic) bond motifs is 1. The molecule has 0 amide bonds. The maximum atomic E-state index is 5.80. The third-order valence-corrected chi connectivity index (χ3v) is 3.97. The Morgan fingerprint density at radius 1 is 1.20 bits per heavy atom. The van der Waals surface area contributed by atoms with Gasteiger partial charge in [-0.3, -0.25) is 4.90 Å². The van der Waals surface area contributed by atoms with E-state index in [-0.39, 0.29) is 0 Å². The zero-order valence-electron chi connectivity index (χ0n) is 12.8. The van der Waals surface area contributed by atoms with Gasteiger partial charge in [-0.2, -0.15) is 0 Å². The molecule has 2 rings (SSSR count). The van der Waals surface area contributed by atoms with Crippen LogP contribution in [0.5, 0.6) is 0 Å². The number of hydrogen-bond donors (Lipinski definition) is 1. The Kier molecular flexibility index (Phi) is 5.15. The smallest absolute Gasteiger partial charge is 0.127 e. The molecule has 0 saturated carbocycles. The van der Waals surface area contributed by atoms with E-state index in [0.29, 0.717) is 12.6 Å². The minimum Gasteiger partial charge on any atom is -0.329 e. The van der Waals surface area contributed by atoms with Gasteiger partial charge in [0.05, 0.1) is 17.1 Å². The van der Waals surface area contributed by atoms with E-state index >= 15 is 0 Å². The molecule has 0 fully saturated rings. The lowest BCUT2D eigenvalue weighted by atomic mass is 10.1. The van der Waals surface area contributed by atoms with E-state index in [0.717, 1.165) is 37.4 Å². The number of para-hydroxylation sites is 2. The van der Waals surface area contributed by atoms with Crippen molar-refractivity contribution in [3.8, 4) is 0 Å². The lowest BCUT2D eigenvalue weighted by Gasteiger charge is -2.28. The third-order valence-electron chi connectivity index (χ3n) is 3.97. The molecule has 1 aromatic heterocycles. The summed E-state index contributed by atoms with van der Waals surface area (Å²) in [4.78, 5) is 7.35. The van der Waals surface area contributed by atoms with Crippen LogP contribution < -0.4 is 5.73 Å². The molecule has 4 heteroatoms. The maximum absolute atomic E-state index is 5.80. The van der Waals surface area contributed by atoms with Gasteiger partial charge in [0.2, 0.25) is 0 Å². The molecule has 2 aromatic rings. The fraction of sp³-hybridized carbons (Fsp3) is 0.562. The average molecular weight is 274 g/mol. The van der Waals surface area contributed by atoms with Gasteiger partial charge in [0.15, 0.2) is 0 Å². The van der Waals surface area contributed by atoms with Gasteiger partial charge in [-0.25, -0.2) is 4.98 Å². The highest BCUT2D eigenvalue weighted by Crippen LogP contribution is 2.27. The number of benzene rings is 1. The van der Waals surface area contributed by atoms with Crippen molar-refractivity contribution in [2.45, 2.75) is 39.8 Å². The van der Waals surface area contributed by atoms with Crippen LogP contribution in [0.4, 0.5) is 0 Å². The van der Waals surface area contributed by atoms with E-state index in [4.69, 9.17) is 10.7 Å². The normalized spacial score (nSPS) is 13.2. The summed E-state index contributed by atoms with van der Waals surface area (Å²) in [6.07, 6.45) is 1.07. The highest BCUT2D eigenvalue weighted by Gasteiger charge is 2.22. The van der Waals surface area contributed by atoms with Crippen LogP contribution in [-0.4, -0.2) is 34.1 Å². The Balaban J connectivity index is 2.53. The second-order valence-electron chi connectivity index (χ2n) is 5.04. The van der Waals surface area contributed by atoms with Crippen molar-refractivity contribution in [1.82, 2.24) is 14.5 Å². The summed E-state index contributed by atoms with van der Waals surface area (Å²) in [5.74, 6) is 1.16. The van der Waals surface area contributed by atoms with Crippen molar-refractivity contribution < 1.29 is 0 Å². The fourth-order valence-corrected chi connectivity index (χ4v) is 2.98. The van der Waals surface area contributed by atoms with Crippen LogP contribution in [-0.2, 0) is 6.54 Å². The number of nitrogens with two attached hydrogens (primary N) is 1. The van der Waals surface area contributed by atoms with Crippen molar-refractivity contribution in [3.63, 3.8) is 0 Å². The molecule has 0 saturated heterocycles. The lowest BCUT2D eigenvalue weighted by molar-refractivity contribution is 0.201. The summed E-state index contributed by atoms with van der Waals surface area (Å²) < 4.78 is 2.29. The molecule has 2 N–H and O–H groups in total. The molecule has 1 aromatic carbocycles. The average Bonchev–Trinajstić information content (AvgIpc) is 2.84. The molecule has 110 valence electrons. The first kappa shape index (κ1) is 15.0. The van der Waals surface area contributed by atoms with E-state index in [1.54, 1.807) is 0 Å². The topological polar surface area (TPSA) is 47.1 Å². The van der Waals surface area contributed by atoms with Crippen LogP contribution in [0.3, 0.4) is 0 Å². The van der Waals surface area contributed by atoms with E-state index in [1.807, 2.05) is 6.07 Å². The predicted molar refractivity (Wildman–Crippen MR) is 84.7 cm³/mol. The van der Waals surface area contributed by atoms with Crippen LogP contribution in [0.15, 0.2) is 24.3 Å². The molecule has 0 aliphatic heterocycles. The molecule has 0 radical (unpaired) electrons. The number of rotatable bonds is 7. The molecule has 1 unspecified atom stereocenters. The molecule has 0 spiro atoms. The van der Waals surface area contributed by atoms with Gasteiger partial charge < -0.3 is 10.3 Å². The molecule has 4 nitrogen and oxygen atoms in total. The molecule has 20 heavy (non-hydrogen) atoms. The number of imidazole rings is 1. The number of nitrogens with zero attached hydrogens (tertiary/aromatic N) is 3. The summed E-state index contributed by atoms with van der Waals surface area (Å²) in [5, 5.41) is 0. The predicted octanol–water partition coefficient (Wildman–Crippen LogP) is 2.79. The van der Waals surface area contributed by atoms with E-state index in [1.165, 1.54) is 5.52 Å². The summed E-state index contributed by atoms with van der Waals surface area (Å²) in [6.45, 7) is 10.2. The van der Waals surface area contributed by atoms with Crippen molar-refractivity contribution >= 4 is 11.0 Å². The van der Waals surface area contributed by atoms with Gasteiger partial charge in [-0.15, -0.1) is 0 Å². The van der Waals surface area contributed by atoms with Gasteiger partial charge >= 0.3 is 0 Å². The molecular formula is C16H26N4. The second kappa shape index (κ2) is 6.86. The van der Waals surface area contributed by atoms with Crippen LogP contribution in [0.2, 0.25) is 0 Å². The van der Waals surface area contributed by atoms with Gasteiger partial charge in [-0.1, -0.05) is 32.9 Å². The quantitative estimate of drug-likeness (QED) is 0.844.